The molecule has 0 unspecified atom stereocenters. The van der Waals surface area contributed by atoms with Crippen LogP contribution in [0.1, 0.15) is 0 Å². The molecular formula is C51H31N3. The third-order valence-electron chi connectivity index (χ3n) is 10.7. The van der Waals surface area contributed by atoms with Crippen molar-refractivity contribution in [3.8, 4) is 44.9 Å². The number of rotatable bonds is 4. The molecule has 0 aliphatic heterocycles. The van der Waals surface area contributed by atoms with Gasteiger partial charge in [-0.1, -0.05) is 109 Å². The molecule has 0 aliphatic rings. The summed E-state index contributed by atoms with van der Waals surface area (Å²) in [7, 11) is 0. The standard InChI is InChI=1S/C51H31N3/c1-3-12-35-30-50-38(23-33(35)10-1)18-20-47(53-50)42-26-40(27-43(28-42)48-21-19-39-24-34-11-2-4-13-36(34)31-51(39)54-48)41-25-37-14-5-7-15-44(37)45(29-41)49-22-17-32-9-6-8-16-46(32)52-49/h1-31H. The van der Waals surface area contributed by atoms with E-state index in [1.165, 1.54) is 32.3 Å². The highest BCUT2D eigenvalue weighted by atomic mass is 14.7. The first-order chi connectivity index (χ1) is 26.7. The SMILES string of the molecule is c1ccc2cc3nc(-c4cc(-c5cc(-c6ccc7ccccc7n6)c6ccccc6c5)cc(-c5ccc6cc7ccccc7cc6n5)c4)ccc3cc2c1. The van der Waals surface area contributed by atoms with Gasteiger partial charge in [0, 0.05) is 32.8 Å². The Hall–Kier alpha value is -7.23. The summed E-state index contributed by atoms with van der Waals surface area (Å²) in [4.78, 5) is 15.7. The van der Waals surface area contributed by atoms with Crippen molar-refractivity contribution in [2.75, 3.05) is 0 Å². The lowest BCUT2D eigenvalue weighted by molar-refractivity contribution is 1.38. The molecule has 0 spiro atoms. The fourth-order valence-corrected chi connectivity index (χ4v) is 7.94. The number of para-hydroxylation sites is 1. The van der Waals surface area contributed by atoms with Gasteiger partial charge in [-0.2, -0.15) is 0 Å². The van der Waals surface area contributed by atoms with E-state index in [2.05, 4.69) is 182 Å². The molecule has 11 rings (SSSR count). The van der Waals surface area contributed by atoms with Crippen LogP contribution in [0.15, 0.2) is 188 Å². The van der Waals surface area contributed by atoms with Crippen LogP contribution >= 0.6 is 0 Å². The Labute approximate surface area is 311 Å². The largest absolute Gasteiger partial charge is 0.248 e. The minimum Gasteiger partial charge on any atom is -0.248 e. The molecule has 0 saturated carbocycles. The molecular weight excluding hydrogens is 655 g/mol. The van der Waals surface area contributed by atoms with Crippen LogP contribution in [0.5, 0.6) is 0 Å². The first-order valence-corrected chi connectivity index (χ1v) is 18.3. The van der Waals surface area contributed by atoms with Crippen molar-refractivity contribution in [2.24, 2.45) is 0 Å². The van der Waals surface area contributed by atoms with Crippen molar-refractivity contribution in [2.45, 2.75) is 0 Å². The minimum absolute atomic E-state index is 0.921. The minimum atomic E-state index is 0.921. The van der Waals surface area contributed by atoms with Gasteiger partial charge in [0.15, 0.2) is 0 Å². The fraction of sp³-hybridized carbons (Fsp3) is 0. The Morgan fingerprint density at radius 1 is 0.241 bits per heavy atom. The summed E-state index contributed by atoms with van der Waals surface area (Å²) in [5, 5.41) is 10.5. The van der Waals surface area contributed by atoms with Crippen LogP contribution in [0.2, 0.25) is 0 Å². The number of nitrogens with zero attached hydrogens (tertiary/aromatic N) is 3. The van der Waals surface area contributed by atoms with Crippen LogP contribution in [0.4, 0.5) is 0 Å². The second-order valence-electron chi connectivity index (χ2n) is 14.1. The molecule has 54 heavy (non-hydrogen) atoms. The predicted molar refractivity (Wildman–Crippen MR) is 227 cm³/mol. The van der Waals surface area contributed by atoms with E-state index in [9.17, 15) is 0 Å². The van der Waals surface area contributed by atoms with Gasteiger partial charge < -0.3 is 0 Å². The van der Waals surface area contributed by atoms with Gasteiger partial charge in [0.1, 0.15) is 0 Å². The van der Waals surface area contributed by atoms with E-state index < -0.39 is 0 Å². The van der Waals surface area contributed by atoms with Gasteiger partial charge in [-0.25, -0.2) is 15.0 Å². The Balaban J connectivity index is 1.13. The van der Waals surface area contributed by atoms with E-state index in [0.717, 1.165) is 77.6 Å². The van der Waals surface area contributed by atoms with Crippen LogP contribution in [0, 0.1) is 0 Å². The van der Waals surface area contributed by atoms with Crippen molar-refractivity contribution in [1.82, 2.24) is 15.0 Å². The zero-order valence-corrected chi connectivity index (χ0v) is 29.2. The highest BCUT2D eigenvalue weighted by Crippen LogP contribution is 2.38. The van der Waals surface area contributed by atoms with Crippen molar-refractivity contribution >= 4 is 65.0 Å². The first-order valence-electron chi connectivity index (χ1n) is 18.3. The summed E-state index contributed by atoms with van der Waals surface area (Å²) in [5.74, 6) is 0. The number of hydrogen-bond donors (Lipinski definition) is 0. The molecule has 3 aromatic heterocycles. The molecule has 0 amide bonds. The predicted octanol–water partition coefficient (Wildman–Crippen LogP) is 13.5. The lowest BCUT2D eigenvalue weighted by atomic mass is 9.92. The Bertz CT molecular complexity index is 3150. The zero-order chi connectivity index (χ0) is 35.6. The molecule has 0 atom stereocenters. The number of benzene rings is 8. The molecule has 0 saturated heterocycles. The second-order valence-corrected chi connectivity index (χ2v) is 14.1. The molecule has 3 heteroatoms. The molecule has 8 aromatic carbocycles. The summed E-state index contributed by atoms with van der Waals surface area (Å²) in [6.45, 7) is 0. The van der Waals surface area contributed by atoms with Crippen LogP contribution in [-0.4, -0.2) is 15.0 Å². The van der Waals surface area contributed by atoms with Crippen LogP contribution in [0.3, 0.4) is 0 Å². The summed E-state index contributed by atoms with van der Waals surface area (Å²) in [6, 6.07) is 67.0. The van der Waals surface area contributed by atoms with E-state index in [1.807, 2.05) is 6.07 Å². The summed E-state index contributed by atoms with van der Waals surface area (Å²) in [6.07, 6.45) is 0. The average Bonchev–Trinajstić information content (AvgIpc) is 3.23. The van der Waals surface area contributed by atoms with Gasteiger partial charge in [-0.05, 0) is 122 Å². The molecule has 0 fully saturated rings. The number of fused-ring (bicyclic) bond motifs is 6. The van der Waals surface area contributed by atoms with Crippen molar-refractivity contribution in [1.29, 1.82) is 0 Å². The lowest BCUT2D eigenvalue weighted by Crippen LogP contribution is -1.93. The quantitative estimate of drug-likeness (QED) is 0.173. The molecule has 11 aromatic rings. The molecule has 3 heterocycles. The second kappa shape index (κ2) is 12.2. The molecule has 0 bridgehead atoms. The van der Waals surface area contributed by atoms with Crippen molar-refractivity contribution in [3.63, 3.8) is 0 Å². The normalized spacial score (nSPS) is 11.7. The van der Waals surface area contributed by atoms with Gasteiger partial charge in [0.25, 0.3) is 0 Å². The molecule has 3 nitrogen and oxygen atoms in total. The number of pyridine rings is 3. The Morgan fingerprint density at radius 2 is 0.685 bits per heavy atom. The van der Waals surface area contributed by atoms with E-state index in [0.29, 0.717) is 0 Å². The van der Waals surface area contributed by atoms with Gasteiger partial charge in [0.05, 0.1) is 33.6 Å². The third kappa shape index (κ3) is 5.25. The summed E-state index contributed by atoms with van der Waals surface area (Å²) < 4.78 is 0. The topological polar surface area (TPSA) is 38.7 Å². The van der Waals surface area contributed by atoms with E-state index in [1.54, 1.807) is 0 Å². The van der Waals surface area contributed by atoms with E-state index in [-0.39, 0.29) is 0 Å². The van der Waals surface area contributed by atoms with Crippen molar-refractivity contribution in [3.05, 3.63) is 188 Å². The fourth-order valence-electron chi connectivity index (χ4n) is 7.94. The first kappa shape index (κ1) is 30.4. The van der Waals surface area contributed by atoms with Crippen LogP contribution in [0.25, 0.3) is 110 Å². The maximum Gasteiger partial charge on any atom is 0.0716 e. The zero-order valence-electron chi connectivity index (χ0n) is 29.2. The van der Waals surface area contributed by atoms with Crippen molar-refractivity contribution < 1.29 is 0 Å². The Kier molecular flexibility index (Phi) is 6.86. The monoisotopic (exact) mass is 685 g/mol. The highest BCUT2D eigenvalue weighted by Gasteiger charge is 2.15. The summed E-state index contributed by atoms with van der Waals surface area (Å²) in [5.41, 5.74) is 11.1. The van der Waals surface area contributed by atoms with Crippen LogP contribution < -0.4 is 0 Å². The Morgan fingerprint density at radius 3 is 1.31 bits per heavy atom. The molecule has 0 N–H and O–H groups in total. The smallest absolute Gasteiger partial charge is 0.0716 e. The van der Waals surface area contributed by atoms with Gasteiger partial charge in [-0.3, -0.25) is 0 Å². The average molecular weight is 686 g/mol. The van der Waals surface area contributed by atoms with Gasteiger partial charge in [0.2, 0.25) is 0 Å². The van der Waals surface area contributed by atoms with E-state index >= 15 is 0 Å². The summed E-state index contributed by atoms with van der Waals surface area (Å²) >= 11 is 0. The number of hydrogen-bond acceptors (Lipinski definition) is 3. The van der Waals surface area contributed by atoms with Gasteiger partial charge in [-0.15, -0.1) is 0 Å². The van der Waals surface area contributed by atoms with E-state index in [4.69, 9.17) is 15.0 Å². The highest BCUT2D eigenvalue weighted by molar-refractivity contribution is 6.02. The maximum absolute atomic E-state index is 5.26. The maximum atomic E-state index is 5.26. The molecule has 250 valence electrons. The molecule has 0 radical (unpaired) electrons. The third-order valence-corrected chi connectivity index (χ3v) is 10.7. The number of aromatic nitrogens is 3. The molecule has 0 aliphatic carbocycles. The van der Waals surface area contributed by atoms with Crippen LogP contribution in [-0.2, 0) is 0 Å². The lowest BCUT2D eigenvalue weighted by Gasteiger charge is -2.14. The van der Waals surface area contributed by atoms with Gasteiger partial charge >= 0.3 is 0 Å².